The molecule has 0 aliphatic rings. The lowest BCUT2D eigenvalue weighted by atomic mass is 10.0. The van der Waals surface area contributed by atoms with Crippen LogP contribution >= 0.6 is 0 Å². The number of ketones is 1. The van der Waals surface area contributed by atoms with Gasteiger partial charge in [0.1, 0.15) is 11.6 Å². The van der Waals surface area contributed by atoms with E-state index in [1.807, 2.05) is 0 Å². The lowest BCUT2D eigenvalue weighted by molar-refractivity contribution is 0.101. The number of hydrogen-bond donors (Lipinski definition) is 1. The summed E-state index contributed by atoms with van der Waals surface area (Å²) < 4.78 is 13.1. The number of hydrogen-bond acceptors (Lipinski definition) is 2. The molecule has 1 aromatic carbocycles. The fourth-order valence-corrected chi connectivity index (χ4v) is 1.29. The van der Waals surface area contributed by atoms with Crippen LogP contribution in [0.15, 0.2) is 6.07 Å². The normalized spacial score (nSPS) is 10.2. The van der Waals surface area contributed by atoms with E-state index >= 15 is 0 Å². The fourth-order valence-electron chi connectivity index (χ4n) is 1.29. The smallest absolute Gasteiger partial charge is 0.163 e. The number of rotatable bonds is 1. The van der Waals surface area contributed by atoms with Gasteiger partial charge in [-0.2, -0.15) is 0 Å². The van der Waals surface area contributed by atoms with Crippen LogP contribution in [0, 0.1) is 19.7 Å². The van der Waals surface area contributed by atoms with Crippen molar-refractivity contribution in [3.8, 4) is 5.75 Å². The lowest BCUT2D eigenvalue weighted by Gasteiger charge is -2.08. The summed E-state index contributed by atoms with van der Waals surface area (Å²) in [7, 11) is 0. The first-order valence-electron chi connectivity index (χ1n) is 3.94. The molecular weight excluding hydrogens is 171 g/mol. The van der Waals surface area contributed by atoms with Crippen LogP contribution in [0.2, 0.25) is 0 Å². The molecule has 0 fully saturated rings. The Morgan fingerprint density at radius 2 is 2.00 bits per heavy atom. The standard InChI is InChI=1S/C10H11FO2/c1-5-4-8(11)6(2)9(7(3)12)10(5)13/h4,13H,1-3H3. The Balaban J connectivity index is 3.56. The number of carbonyl (C=O) groups is 1. The second-order valence-corrected chi connectivity index (χ2v) is 3.08. The maximum Gasteiger partial charge on any atom is 0.163 e. The molecule has 0 saturated heterocycles. The van der Waals surface area contributed by atoms with Crippen molar-refractivity contribution in [2.75, 3.05) is 0 Å². The van der Waals surface area contributed by atoms with E-state index in [-0.39, 0.29) is 22.7 Å². The van der Waals surface area contributed by atoms with Gasteiger partial charge in [-0.15, -0.1) is 0 Å². The van der Waals surface area contributed by atoms with E-state index in [1.165, 1.54) is 19.9 Å². The minimum Gasteiger partial charge on any atom is -0.507 e. The highest BCUT2D eigenvalue weighted by molar-refractivity contribution is 5.98. The van der Waals surface area contributed by atoms with E-state index in [2.05, 4.69) is 0 Å². The number of Topliss-reactive ketones (excluding diaryl/α,β-unsaturated/α-hetero) is 1. The third kappa shape index (κ3) is 1.54. The van der Waals surface area contributed by atoms with Crippen molar-refractivity contribution < 1.29 is 14.3 Å². The molecule has 0 aliphatic carbocycles. The van der Waals surface area contributed by atoms with Crippen molar-refractivity contribution in [1.82, 2.24) is 0 Å². The zero-order valence-corrected chi connectivity index (χ0v) is 7.81. The molecule has 13 heavy (non-hydrogen) atoms. The van der Waals surface area contributed by atoms with Gasteiger partial charge < -0.3 is 5.11 Å². The molecule has 0 aromatic heterocycles. The molecule has 0 unspecified atom stereocenters. The molecule has 1 aromatic rings. The Labute approximate surface area is 76.0 Å². The van der Waals surface area contributed by atoms with Crippen molar-refractivity contribution in [3.63, 3.8) is 0 Å². The van der Waals surface area contributed by atoms with E-state index in [9.17, 15) is 14.3 Å². The van der Waals surface area contributed by atoms with E-state index in [0.29, 0.717) is 5.56 Å². The molecule has 3 heteroatoms. The number of carbonyl (C=O) groups excluding carboxylic acids is 1. The molecule has 1 N–H and O–H groups in total. The van der Waals surface area contributed by atoms with Gasteiger partial charge in [0, 0.05) is 0 Å². The summed E-state index contributed by atoms with van der Waals surface area (Å²) in [5.74, 6) is -0.899. The number of phenolic OH excluding ortho intramolecular Hbond substituents is 1. The van der Waals surface area contributed by atoms with Crippen molar-refractivity contribution >= 4 is 5.78 Å². The summed E-state index contributed by atoms with van der Waals surface area (Å²) in [6.07, 6.45) is 0. The Morgan fingerprint density at radius 1 is 1.46 bits per heavy atom. The molecule has 0 bridgehead atoms. The van der Waals surface area contributed by atoms with Crippen LogP contribution in [0.3, 0.4) is 0 Å². The molecular formula is C10H11FO2. The van der Waals surface area contributed by atoms with Gasteiger partial charge >= 0.3 is 0 Å². The van der Waals surface area contributed by atoms with Crippen molar-refractivity contribution in [3.05, 3.63) is 28.6 Å². The summed E-state index contributed by atoms with van der Waals surface area (Å²) >= 11 is 0. The van der Waals surface area contributed by atoms with E-state index in [4.69, 9.17) is 0 Å². The first kappa shape index (κ1) is 9.71. The zero-order valence-electron chi connectivity index (χ0n) is 7.81. The largest absolute Gasteiger partial charge is 0.507 e. The van der Waals surface area contributed by atoms with Crippen molar-refractivity contribution in [2.45, 2.75) is 20.8 Å². The lowest BCUT2D eigenvalue weighted by Crippen LogP contribution is -2.01. The van der Waals surface area contributed by atoms with Crippen LogP contribution in [0.1, 0.15) is 28.4 Å². The Hall–Kier alpha value is -1.38. The molecule has 70 valence electrons. The van der Waals surface area contributed by atoms with Gasteiger partial charge in [-0.3, -0.25) is 4.79 Å². The van der Waals surface area contributed by atoms with Gasteiger partial charge in [0.2, 0.25) is 0 Å². The third-order valence-corrected chi connectivity index (χ3v) is 2.04. The maximum absolute atomic E-state index is 13.1. The highest BCUT2D eigenvalue weighted by Crippen LogP contribution is 2.27. The third-order valence-electron chi connectivity index (χ3n) is 2.04. The zero-order chi connectivity index (χ0) is 10.2. The Bertz CT molecular complexity index is 343. The fraction of sp³-hybridized carbons (Fsp3) is 0.300. The molecule has 0 aliphatic heterocycles. The van der Waals surface area contributed by atoms with Gasteiger partial charge in [0.25, 0.3) is 0 Å². The molecule has 0 heterocycles. The number of phenols is 1. The molecule has 0 saturated carbocycles. The van der Waals surface area contributed by atoms with Crippen molar-refractivity contribution in [2.24, 2.45) is 0 Å². The SMILES string of the molecule is CC(=O)c1c(C)c(F)cc(C)c1O. The highest BCUT2D eigenvalue weighted by Gasteiger charge is 2.15. The predicted molar refractivity (Wildman–Crippen MR) is 47.5 cm³/mol. The molecule has 0 amide bonds. The van der Waals surface area contributed by atoms with E-state index in [0.717, 1.165) is 0 Å². The first-order valence-corrected chi connectivity index (χ1v) is 3.94. The second-order valence-electron chi connectivity index (χ2n) is 3.08. The van der Waals surface area contributed by atoms with Crippen LogP contribution in [0.4, 0.5) is 4.39 Å². The predicted octanol–water partition coefficient (Wildman–Crippen LogP) is 2.35. The number of halogens is 1. The van der Waals surface area contributed by atoms with Gasteiger partial charge in [-0.05, 0) is 38.0 Å². The van der Waals surface area contributed by atoms with Gasteiger partial charge in [0.05, 0.1) is 5.56 Å². The molecule has 0 atom stereocenters. The Kier molecular flexibility index (Phi) is 2.36. The average molecular weight is 182 g/mol. The van der Waals surface area contributed by atoms with Crippen LogP contribution < -0.4 is 0 Å². The maximum atomic E-state index is 13.1. The van der Waals surface area contributed by atoms with Gasteiger partial charge in [-0.1, -0.05) is 0 Å². The van der Waals surface area contributed by atoms with Crippen LogP contribution in [0.5, 0.6) is 5.75 Å². The minimum atomic E-state index is -0.458. The number of aryl methyl sites for hydroxylation is 1. The quantitative estimate of drug-likeness (QED) is 0.677. The van der Waals surface area contributed by atoms with Crippen molar-refractivity contribution in [1.29, 1.82) is 0 Å². The summed E-state index contributed by atoms with van der Waals surface area (Å²) in [4.78, 5) is 11.1. The Morgan fingerprint density at radius 3 is 2.46 bits per heavy atom. The monoisotopic (exact) mass is 182 g/mol. The van der Waals surface area contributed by atoms with E-state index in [1.54, 1.807) is 6.92 Å². The molecule has 1 rings (SSSR count). The molecule has 0 radical (unpaired) electrons. The summed E-state index contributed by atoms with van der Waals surface area (Å²) in [5, 5.41) is 9.49. The second kappa shape index (κ2) is 3.17. The highest BCUT2D eigenvalue weighted by atomic mass is 19.1. The summed E-state index contributed by atoms with van der Waals surface area (Å²) in [5.41, 5.74) is 0.668. The van der Waals surface area contributed by atoms with Crippen LogP contribution in [0.25, 0.3) is 0 Å². The van der Waals surface area contributed by atoms with Gasteiger partial charge in [0.15, 0.2) is 5.78 Å². The number of aromatic hydroxyl groups is 1. The summed E-state index contributed by atoms with van der Waals surface area (Å²) in [6.45, 7) is 4.34. The van der Waals surface area contributed by atoms with Crippen LogP contribution in [-0.4, -0.2) is 10.9 Å². The van der Waals surface area contributed by atoms with Crippen LogP contribution in [-0.2, 0) is 0 Å². The number of benzene rings is 1. The van der Waals surface area contributed by atoms with Gasteiger partial charge in [-0.25, -0.2) is 4.39 Å². The molecule has 2 nitrogen and oxygen atoms in total. The first-order chi connectivity index (χ1) is 5.95. The summed E-state index contributed by atoms with van der Waals surface area (Å²) in [6, 6.07) is 1.22. The van der Waals surface area contributed by atoms with E-state index < -0.39 is 5.82 Å². The molecule has 0 spiro atoms. The minimum absolute atomic E-state index is 0.0810. The topological polar surface area (TPSA) is 37.3 Å². The average Bonchev–Trinajstić information content (AvgIpc) is 2.01.